The van der Waals surface area contributed by atoms with E-state index in [1.807, 2.05) is 70.2 Å². The zero-order valence-corrected chi connectivity index (χ0v) is 16.4. The van der Waals surface area contributed by atoms with Crippen molar-refractivity contribution in [3.8, 4) is 0 Å². The van der Waals surface area contributed by atoms with Crippen LogP contribution in [-0.4, -0.2) is 16.8 Å². The summed E-state index contributed by atoms with van der Waals surface area (Å²) in [6.45, 7) is 12.2. The molecule has 0 aliphatic carbocycles. The largest absolute Gasteiger partial charge is 0.351 e. The molecule has 1 aromatic carbocycles. The monoisotopic (exact) mass is 360 g/mol. The Kier molecular flexibility index (Phi) is 12.8. The van der Waals surface area contributed by atoms with E-state index in [0.29, 0.717) is 18.1 Å². The molecular weight excluding hydrogens is 332 g/mol. The normalized spacial score (nSPS) is 10.9. The summed E-state index contributed by atoms with van der Waals surface area (Å²) in [5.41, 5.74) is 1.57. The van der Waals surface area contributed by atoms with E-state index < -0.39 is 0 Å². The molecule has 0 saturated carbocycles. The van der Waals surface area contributed by atoms with E-state index in [9.17, 15) is 4.79 Å². The molecule has 2 rings (SSSR count). The number of H-pyrrole nitrogens is 1. The van der Waals surface area contributed by atoms with Crippen LogP contribution in [0, 0.1) is 0 Å². The molecular formula is C21H29ClN2O. The molecule has 0 unspecified atom stereocenters. The molecule has 0 bridgehead atoms. The first-order valence-electron chi connectivity index (χ1n) is 8.64. The number of aromatic amines is 1. The molecule has 3 nitrogen and oxygen atoms in total. The minimum Gasteiger partial charge on any atom is -0.351 e. The zero-order valence-electron chi connectivity index (χ0n) is 15.6. The number of alkyl halides is 1. The molecule has 0 spiro atoms. The van der Waals surface area contributed by atoms with Crippen LogP contribution in [0.4, 0.5) is 0 Å². The van der Waals surface area contributed by atoms with Crippen LogP contribution in [0.15, 0.2) is 49.1 Å². The van der Waals surface area contributed by atoms with Crippen LogP contribution in [-0.2, 0) is 6.54 Å². The first-order chi connectivity index (χ1) is 12.2. The number of halogens is 1. The summed E-state index contributed by atoms with van der Waals surface area (Å²) in [5.74, 6) is 0.232. The minimum atomic E-state index is -0.146. The van der Waals surface area contributed by atoms with Gasteiger partial charge in [0.15, 0.2) is 0 Å². The molecule has 136 valence electrons. The van der Waals surface area contributed by atoms with Crippen molar-refractivity contribution in [3.63, 3.8) is 0 Å². The van der Waals surface area contributed by atoms with Gasteiger partial charge in [-0.3, -0.25) is 4.79 Å². The molecule has 0 atom stereocenters. The number of hydrogen-bond acceptors (Lipinski definition) is 1. The van der Waals surface area contributed by atoms with Gasteiger partial charge in [0.1, 0.15) is 5.69 Å². The van der Waals surface area contributed by atoms with Crippen LogP contribution in [0.1, 0.15) is 43.7 Å². The summed E-state index contributed by atoms with van der Waals surface area (Å²) >= 11 is 5.72. The van der Waals surface area contributed by atoms with Gasteiger partial charge in [-0.1, -0.05) is 76.8 Å². The molecule has 25 heavy (non-hydrogen) atoms. The smallest absolute Gasteiger partial charge is 0.267 e. The van der Waals surface area contributed by atoms with Crippen molar-refractivity contribution in [3.05, 3.63) is 70.9 Å². The molecule has 0 radical (unpaired) electrons. The minimum absolute atomic E-state index is 0.146. The fourth-order valence-corrected chi connectivity index (χ4v) is 2.15. The van der Waals surface area contributed by atoms with Crippen LogP contribution in [0.5, 0.6) is 0 Å². The second-order valence-electron chi connectivity index (χ2n) is 4.48. The summed E-state index contributed by atoms with van der Waals surface area (Å²) in [6, 6.07) is 11.6. The first kappa shape index (κ1) is 22.7. The van der Waals surface area contributed by atoms with Crippen LogP contribution >= 0.6 is 11.6 Å². The zero-order chi connectivity index (χ0) is 19.1. The Balaban J connectivity index is 0.00000134. The molecule has 0 aliphatic heterocycles. The Bertz CT molecular complexity index is 733. The van der Waals surface area contributed by atoms with Gasteiger partial charge in [-0.2, -0.15) is 0 Å². The van der Waals surface area contributed by atoms with E-state index >= 15 is 0 Å². The van der Waals surface area contributed by atoms with E-state index in [1.165, 1.54) is 0 Å². The number of nitrogens with one attached hydrogen (secondary N) is 2. The lowest BCUT2D eigenvalue weighted by atomic mass is 10.2. The van der Waals surface area contributed by atoms with Gasteiger partial charge in [0.25, 0.3) is 5.91 Å². The highest BCUT2D eigenvalue weighted by atomic mass is 35.5. The average Bonchev–Trinajstić information content (AvgIpc) is 3.07. The number of amides is 1. The van der Waals surface area contributed by atoms with Gasteiger partial charge in [-0.15, -0.1) is 11.6 Å². The predicted molar refractivity (Wildman–Crippen MR) is 110 cm³/mol. The van der Waals surface area contributed by atoms with E-state index in [2.05, 4.69) is 16.9 Å². The Labute approximate surface area is 156 Å². The maximum atomic E-state index is 12.2. The highest BCUT2D eigenvalue weighted by molar-refractivity contribution is 6.20. The fourth-order valence-electron chi connectivity index (χ4n) is 1.99. The number of carbonyl (C=O) groups is 1. The quantitative estimate of drug-likeness (QED) is 0.778. The van der Waals surface area contributed by atoms with Gasteiger partial charge < -0.3 is 10.3 Å². The maximum Gasteiger partial charge on any atom is 0.267 e. The lowest BCUT2D eigenvalue weighted by Gasteiger charge is -2.03. The van der Waals surface area contributed by atoms with Crippen molar-refractivity contribution in [2.24, 2.45) is 0 Å². The van der Waals surface area contributed by atoms with Gasteiger partial charge in [0, 0.05) is 17.8 Å². The number of allylic oxidation sites excluding steroid dienone is 1. The SMILES string of the molecule is C=C/C=c1/cc(C(=O)NCc2ccccc2)[nH]/c1=C/CCl.CC.CC. The number of benzene rings is 1. The van der Waals surface area contributed by atoms with Gasteiger partial charge in [0.05, 0.1) is 0 Å². The molecule has 1 aromatic heterocycles. The first-order valence-corrected chi connectivity index (χ1v) is 9.18. The highest BCUT2D eigenvalue weighted by Crippen LogP contribution is 1.98. The van der Waals surface area contributed by atoms with Crippen molar-refractivity contribution in [1.29, 1.82) is 0 Å². The molecule has 0 fully saturated rings. The van der Waals surface area contributed by atoms with Crippen molar-refractivity contribution < 1.29 is 4.79 Å². The molecule has 2 N–H and O–H groups in total. The average molecular weight is 361 g/mol. The Morgan fingerprint density at radius 2 is 1.84 bits per heavy atom. The Hall–Kier alpha value is -2.26. The predicted octanol–water partition coefficient (Wildman–Crippen LogP) is 3.98. The van der Waals surface area contributed by atoms with E-state index in [0.717, 1.165) is 16.1 Å². The van der Waals surface area contributed by atoms with Crippen molar-refractivity contribution in [2.45, 2.75) is 34.2 Å². The Morgan fingerprint density at radius 3 is 2.40 bits per heavy atom. The topological polar surface area (TPSA) is 44.9 Å². The van der Waals surface area contributed by atoms with Gasteiger partial charge >= 0.3 is 0 Å². The number of aromatic nitrogens is 1. The highest BCUT2D eigenvalue weighted by Gasteiger charge is 2.07. The van der Waals surface area contributed by atoms with E-state index in [-0.39, 0.29) is 5.91 Å². The lowest BCUT2D eigenvalue weighted by Crippen LogP contribution is -2.24. The fraction of sp³-hybridized carbons (Fsp3) is 0.286. The van der Waals surface area contributed by atoms with Crippen LogP contribution in [0.3, 0.4) is 0 Å². The number of rotatable bonds is 5. The standard InChI is InChI=1S/C17H17ClN2O.2C2H6/c1-2-6-14-11-16(20-15(14)9-10-18)17(21)19-12-13-7-4-3-5-8-13;2*1-2/h2-9,11,20H,1,10,12H2,(H,19,21);2*1-2H3/b14-6-,15-9+;;. The second-order valence-corrected chi connectivity index (χ2v) is 4.79. The third kappa shape index (κ3) is 7.90. The van der Waals surface area contributed by atoms with Crippen molar-refractivity contribution in [1.82, 2.24) is 10.3 Å². The molecule has 0 saturated heterocycles. The number of hydrogen-bond donors (Lipinski definition) is 2. The molecule has 1 amide bonds. The van der Waals surface area contributed by atoms with E-state index in [1.54, 1.807) is 12.1 Å². The summed E-state index contributed by atoms with van der Waals surface area (Å²) in [6.07, 6.45) is 5.34. The summed E-state index contributed by atoms with van der Waals surface area (Å²) in [4.78, 5) is 15.2. The summed E-state index contributed by atoms with van der Waals surface area (Å²) in [5, 5.41) is 4.61. The number of carbonyl (C=O) groups excluding carboxylic acids is 1. The van der Waals surface area contributed by atoms with E-state index in [4.69, 9.17) is 11.6 Å². The molecule has 2 aromatic rings. The van der Waals surface area contributed by atoms with Crippen molar-refractivity contribution >= 4 is 29.7 Å². The van der Waals surface area contributed by atoms with Crippen LogP contribution < -0.4 is 15.9 Å². The molecule has 0 aliphatic rings. The third-order valence-corrected chi connectivity index (χ3v) is 3.15. The lowest BCUT2D eigenvalue weighted by molar-refractivity contribution is 0.0946. The van der Waals surface area contributed by atoms with Crippen LogP contribution in [0.2, 0.25) is 0 Å². The van der Waals surface area contributed by atoms with Crippen LogP contribution in [0.25, 0.3) is 12.2 Å². The van der Waals surface area contributed by atoms with Gasteiger partial charge in [0.2, 0.25) is 0 Å². The maximum absolute atomic E-state index is 12.2. The summed E-state index contributed by atoms with van der Waals surface area (Å²) < 4.78 is 0. The van der Waals surface area contributed by atoms with Crippen molar-refractivity contribution in [2.75, 3.05) is 5.88 Å². The molecule has 1 heterocycles. The van der Waals surface area contributed by atoms with Gasteiger partial charge in [-0.05, 0) is 22.9 Å². The third-order valence-electron chi connectivity index (χ3n) is 3.00. The summed E-state index contributed by atoms with van der Waals surface area (Å²) in [7, 11) is 0. The Morgan fingerprint density at radius 1 is 1.20 bits per heavy atom. The second kappa shape index (κ2) is 14.1. The molecule has 4 heteroatoms. The van der Waals surface area contributed by atoms with Gasteiger partial charge in [-0.25, -0.2) is 0 Å².